The van der Waals surface area contributed by atoms with Gasteiger partial charge in [-0.25, -0.2) is 14.5 Å². The van der Waals surface area contributed by atoms with Gasteiger partial charge < -0.3 is 4.90 Å². The van der Waals surface area contributed by atoms with Gasteiger partial charge in [0.25, 0.3) is 0 Å². The molecule has 4 heterocycles. The van der Waals surface area contributed by atoms with E-state index in [0.29, 0.717) is 18.8 Å². The predicted molar refractivity (Wildman–Crippen MR) is 113 cm³/mol. The number of hydrogen-bond acceptors (Lipinski definition) is 6. The van der Waals surface area contributed by atoms with Gasteiger partial charge in [0.05, 0.1) is 16.4 Å². The van der Waals surface area contributed by atoms with E-state index in [1.165, 1.54) is 12.0 Å². The molecule has 0 amide bonds. The van der Waals surface area contributed by atoms with Gasteiger partial charge in [-0.3, -0.25) is 0 Å². The molecule has 1 N–H and O–H groups in total. The maximum absolute atomic E-state index is 14.3. The topological polar surface area (TPSA) is 70.6 Å². The van der Waals surface area contributed by atoms with Gasteiger partial charge in [0.2, 0.25) is 0 Å². The van der Waals surface area contributed by atoms with Crippen molar-refractivity contribution in [2.45, 2.75) is 51.1 Å². The lowest BCUT2D eigenvalue weighted by Gasteiger charge is -2.32. The summed E-state index contributed by atoms with van der Waals surface area (Å²) in [4.78, 5) is 8.24. The summed E-state index contributed by atoms with van der Waals surface area (Å²) in [6.45, 7) is 1.14. The van der Waals surface area contributed by atoms with Crippen LogP contribution in [0.2, 0.25) is 4.34 Å². The molecule has 152 valence electrons. The molecule has 1 aliphatic heterocycles. The minimum Gasteiger partial charge on any atom is -0.353 e. The molecule has 1 saturated heterocycles. The third-order valence-corrected chi connectivity index (χ3v) is 7.02. The summed E-state index contributed by atoms with van der Waals surface area (Å²) in [6, 6.07) is 3.98. The highest BCUT2D eigenvalue weighted by atomic mass is 35.5. The van der Waals surface area contributed by atoms with Crippen molar-refractivity contribution in [1.82, 2.24) is 25.6 Å². The van der Waals surface area contributed by atoms with Crippen molar-refractivity contribution in [2.24, 2.45) is 0 Å². The van der Waals surface area contributed by atoms with Crippen LogP contribution in [0.1, 0.15) is 43.4 Å². The third kappa shape index (κ3) is 3.64. The van der Waals surface area contributed by atoms with Crippen molar-refractivity contribution in [3.05, 3.63) is 27.7 Å². The smallest absolute Gasteiger partial charge is 0.183 e. The molecule has 1 fully saturated rings. The van der Waals surface area contributed by atoms with Crippen molar-refractivity contribution in [3.8, 4) is 21.8 Å². The Morgan fingerprint density at radius 3 is 2.79 bits per heavy atom. The summed E-state index contributed by atoms with van der Waals surface area (Å²) in [6.07, 6.45) is 5.92. The van der Waals surface area contributed by atoms with Crippen LogP contribution in [0.3, 0.4) is 0 Å². The maximum atomic E-state index is 14.3. The van der Waals surface area contributed by atoms with E-state index in [1.807, 2.05) is 6.07 Å². The minimum absolute atomic E-state index is 0.352. The number of thiophene rings is 1. The monoisotopic (exact) mass is 432 g/mol. The first kappa shape index (κ1) is 18.9. The lowest BCUT2D eigenvalue weighted by molar-refractivity contribution is 0.286. The number of nitrogens with one attached hydrogen (secondary N) is 1. The fourth-order valence-corrected chi connectivity index (χ4v) is 5.58. The fraction of sp³-hybridized carbons (Fsp3) is 0.500. The lowest BCUT2D eigenvalue weighted by Crippen LogP contribution is -2.37. The number of alkyl halides is 1. The second kappa shape index (κ2) is 7.99. The fourth-order valence-electron chi connectivity index (χ4n) is 4.46. The molecule has 0 saturated carbocycles. The van der Waals surface area contributed by atoms with Crippen LogP contribution in [0.4, 0.5) is 10.2 Å². The first-order valence-corrected chi connectivity index (χ1v) is 11.3. The van der Waals surface area contributed by atoms with Crippen LogP contribution in [0.5, 0.6) is 0 Å². The van der Waals surface area contributed by atoms with Gasteiger partial charge in [0.1, 0.15) is 12.0 Å². The number of halogens is 2. The minimum atomic E-state index is -0.843. The first-order valence-electron chi connectivity index (χ1n) is 10.2. The van der Waals surface area contributed by atoms with Gasteiger partial charge in [-0.15, -0.1) is 16.4 Å². The van der Waals surface area contributed by atoms with Crippen LogP contribution in [-0.4, -0.2) is 44.9 Å². The normalized spacial score (nSPS) is 19.8. The first-order chi connectivity index (χ1) is 14.2. The number of rotatable bonds is 3. The van der Waals surface area contributed by atoms with E-state index in [-0.39, 0.29) is 0 Å². The maximum Gasteiger partial charge on any atom is 0.183 e. The van der Waals surface area contributed by atoms with E-state index >= 15 is 0 Å². The van der Waals surface area contributed by atoms with E-state index in [0.717, 1.165) is 70.5 Å². The van der Waals surface area contributed by atoms with Crippen LogP contribution in [0, 0.1) is 0 Å². The molecule has 29 heavy (non-hydrogen) atoms. The van der Waals surface area contributed by atoms with Crippen LogP contribution in [0.25, 0.3) is 21.8 Å². The summed E-state index contributed by atoms with van der Waals surface area (Å²) in [5.41, 5.74) is 4.34. The molecular formula is C20H22ClFN6S. The highest BCUT2D eigenvalue weighted by molar-refractivity contribution is 7.19. The van der Waals surface area contributed by atoms with Crippen LogP contribution >= 0.6 is 22.9 Å². The number of aryl methyl sites for hydroxylation is 1. The quantitative estimate of drug-likeness (QED) is 0.599. The zero-order valence-corrected chi connectivity index (χ0v) is 17.6. The SMILES string of the molecule is FC1CCCN(c2nc3c(c(-c4ccc(Cl)s4)c2-c2nnn[nH]2)CCCCC3)C1. The molecule has 9 heteroatoms. The van der Waals surface area contributed by atoms with E-state index in [4.69, 9.17) is 16.6 Å². The lowest BCUT2D eigenvalue weighted by atomic mass is 9.94. The van der Waals surface area contributed by atoms with Crippen LogP contribution < -0.4 is 4.90 Å². The van der Waals surface area contributed by atoms with Crippen molar-refractivity contribution < 1.29 is 4.39 Å². The van der Waals surface area contributed by atoms with E-state index in [9.17, 15) is 4.39 Å². The summed E-state index contributed by atoms with van der Waals surface area (Å²) < 4.78 is 15.0. The summed E-state index contributed by atoms with van der Waals surface area (Å²) in [5, 5.41) is 14.8. The predicted octanol–water partition coefficient (Wildman–Crippen LogP) is 4.85. The zero-order chi connectivity index (χ0) is 19.8. The summed E-state index contributed by atoms with van der Waals surface area (Å²) >= 11 is 7.86. The molecule has 1 unspecified atom stereocenters. The number of piperidine rings is 1. The highest BCUT2D eigenvalue weighted by Crippen LogP contribution is 2.45. The largest absolute Gasteiger partial charge is 0.353 e. The Balaban J connectivity index is 1.79. The average molecular weight is 433 g/mol. The van der Waals surface area contributed by atoms with Crippen molar-refractivity contribution in [3.63, 3.8) is 0 Å². The van der Waals surface area contributed by atoms with Crippen molar-refractivity contribution in [2.75, 3.05) is 18.0 Å². The number of fused-ring (bicyclic) bond motifs is 1. The van der Waals surface area contributed by atoms with E-state index < -0.39 is 6.17 Å². The number of tetrazole rings is 1. The Kier molecular flexibility index (Phi) is 5.22. The highest BCUT2D eigenvalue weighted by Gasteiger charge is 2.30. The standard InChI is InChI=1S/C20H22ClFN6S/c21-16-9-8-15(29-16)17-13-6-2-1-3-7-14(13)23-20(18(17)19-24-26-27-25-19)28-10-4-5-12(22)11-28/h8-9,12H,1-7,10-11H2,(H,24,25,26,27). The molecule has 2 aliphatic rings. The third-order valence-electron chi connectivity index (χ3n) is 5.77. The second-order valence-corrected chi connectivity index (χ2v) is 9.43. The summed E-state index contributed by atoms with van der Waals surface area (Å²) in [5.74, 6) is 1.35. The van der Waals surface area contributed by atoms with Crippen LogP contribution in [-0.2, 0) is 12.8 Å². The van der Waals surface area contributed by atoms with Gasteiger partial charge in [-0.05, 0) is 66.6 Å². The molecule has 3 aromatic rings. The number of nitrogens with zero attached hydrogens (tertiary/aromatic N) is 5. The molecule has 0 aromatic carbocycles. The Labute approximate surface area is 177 Å². The molecule has 0 radical (unpaired) electrons. The van der Waals surface area contributed by atoms with Gasteiger partial charge in [-0.2, -0.15) is 0 Å². The average Bonchev–Trinajstić information content (AvgIpc) is 3.34. The number of aromatic amines is 1. The van der Waals surface area contributed by atoms with Crippen LogP contribution in [0.15, 0.2) is 12.1 Å². The van der Waals surface area contributed by atoms with Gasteiger partial charge in [0, 0.05) is 22.7 Å². The zero-order valence-electron chi connectivity index (χ0n) is 16.0. The Bertz CT molecular complexity index is 1000. The number of hydrogen-bond donors (Lipinski definition) is 1. The second-order valence-electron chi connectivity index (χ2n) is 7.71. The van der Waals surface area contributed by atoms with Gasteiger partial charge >= 0.3 is 0 Å². The molecule has 0 bridgehead atoms. The summed E-state index contributed by atoms with van der Waals surface area (Å²) in [7, 11) is 0. The van der Waals surface area contributed by atoms with Crippen molar-refractivity contribution >= 4 is 28.8 Å². The molecular weight excluding hydrogens is 411 g/mol. The van der Waals surface area contributed by atoms with Gasteiger partial charge in [0.15, 0.2) is 5.82 Å². The Morgan fingerprint density at radius 2 is 2.03 bits per heavy atom. The molecule has 1 aliphatic carbocycles. The number of anilines is 1. The van der Waals surface area contributed by atoms with E-state index in [2.05, 4.69) is 31.6 Å². The molecule has 5 rings (SSSR count). The van der Waals surface area contributed by atoms with E-state index in [1.54, 1.807) is 11.3 Å². The number of aromatic nitrogens is 5. The molecule has 6 nitrogen and oxygen atoms in total. The molecule has 1 atom stereocenters. The Hall–Kier alpha value is -2.06. The van der Waals surface area contributed by atoms with Gasteiger partial charge in [-0.1, -0.05) is 18.0 Å². The molecule has 3 aromatic heterocycles. The Morgan fingerprint density at radius 1 is 1.14 bits per heavy atom. The molecule has 0 spiro atoms. The number of pyridine rings is 1. The van der Waals surface area contributed by atoms with Crippen molar-refractivity contribution in [1.29, 1.82) is 0 Å². The number of H-pyrrole nitrogens is 1.